The van der Waals surface area contributed by atoms with Crippen LogP contribution in [0.5, 0.6) is 5.75 Å². The summed E-state index contributed by atoms with van der Waals surface area (Å²) in [5.41, 5.74) is -0.111. The molecule has 0 aliphatic carbocycles. The quantitative estimate of drug-likeness (QED) is 0.865. The van der Waals surface area contributed by atoms with Crippen molar-refractivity contribution < 1.29 is 9.13 Å². The largest absolute Gasteiger partial charge is 0.488 e. The summed E-state index contributed by atoms with van der Waals surface area (Å²) in [4.78, 5) is 24.7. The molecule has 3 rings (SSSR count). The van der Waals surface area contributed by atoms with Crippen LogP contribution in [0.3, 0.4) is 0 Å². The molecule has 5 nitrogen and oxygen atoms in total. The molecule has 98 valence electrons. The number of hydrogen-bond donors (Lipinski definition) is 1. The predicted molar refractivity (Wildman–Crippen MR) is 65.8 cm³/mol. The molecule has 1 unspecified atom stereocenters. The molecule has 1 aromatic heterocycles. The number of nitrogens with zero attached hydrogens (tertiary/aromatic N) is 1. The maximum absolute atomic E-state index is 13.1. The first-order valence-electron chi connectivity index (χ1n) is 5.87. The van der Waals surface area contributed by atoms with Crippen molar-refractivity contribution in [3.63, 3.8) is 0 Å². The zero-order valence-electron chi connectivity index (χ0n) is 9.93. The fourth-order valence-electron chi connectivity index (χ4n) is 2.20. The van der Waals surface area contributed by atoms with E-state index in [2.05, 4.69) is 4.98 Å². The lowest BCUT2D eigenvalue weighted by Gasteiger charge is -2.11. The normalized spacial score (nSPS) is 17.0. The van der Waals surface area contributed by atoms with Gasteiger partial charge in [0.25, 0.3) is 5.56 Å². The fourth-order valence-corrected chi connectivity index (χ4v) is 2.20. The van der Waals surface area contributed by atoms with Crippen LogP contribution < -0.4 is 16.0 Å². The zero-order valence-corrected chi connectivity index (χ0v) is 9.93. The smallest absolute Gasteiger partial charge is 0.328 e. The lowest BCUT2D eigenvalue weighted by atomic mass is 10.1. The van der Waals surface area contributed by atoms with Crippen molar-refractivity contribution in [1.29, 1.82) is 0 Å². The molecule has 1 atom stereocenters. The Hall–Kier alpha value is -2.37. The van der Waals surface area contributed by atoms with Gasteiger partial charge in [-0.2, -0.15) is 0 Å². The van der Waals surface area contributed by atoms with Gasteiger partial charge in [0.2, 0.25) is 0 Å². The van der Waals surface area contributed by atoms with E-state index in [1.54, 1.807) is 6.07 Å². The Kier molecular flexibility index (Phi) is 2.70. The van der Waals surface area contributed by atoms with Gasteiger partial charge in [-0.05, 0) is 18.2 Å². The van der Waals surface area contributed by atoms with E-state index in [4.69, 9.17) is 4.74 Å². The highest BCUT2D eigenvalue weighted by Crippen LogP contribution is 2.29. The molecule has 0 bridgehead atoms. The highest BCUT2D eigenvalue weighted by atomic mass is 19.1. The zero-order chi connectivity index (χ0) is 13.4. The van der Waals surface area contributed by atoms with E-state index in [1.807, 2.05) is 0 Å². The molecule has 0 spiro atoms. The molecule has 2 aromatic rings. The van der Waals surface area contributed by atoms with Crippen molar-refractivity contribution in [2.75, 3.05) is 0 Å². The van der Waals surface area contributed by atoms with Gasteiger partial charge in [-0.3, -0.25) is 14.3 Å². The lowest BCUT2D eigenvalue weighted by Crippen LogP contribution is -2.33. The Balaban J connectivity index is 1.80. The highest BCUT2D eigenvalue weighted by molar-refractivity contribution is 5.37. The first-order chi connectivity index (χ1) is 9.11. The first-order valence-corrected chi connectivity index (χ1v) is 5.87. The van der Waals surface area contributed by atoms with Crippen molar-refractivity contribution in [2.24, 2.45) is 0 Å². The average molecular weight is 262 g/mol. The summed E-state index contributed by atoms with van der Waals surface area (Å²) in [7, 11) is 0. The first kappa shape index (κ1) is 11.7. The van der Waals surface area contributed by atoms with Gasteiger partial charge in [0.1, 0.15) is 17.7 Å². The number of H-pyrrole nitrogens is 1. The number of fused-ring (bicyclic) bond motifs is 1. The van der Waals surface area contributed by atoms with Crippen molar-refractivity contribution in [1.82, 2.24) is 9.55 Å². The van der Waals surface area contributed by atoms with E-state index < -0.39 is 11.2 Å². The van der Waals surface area contributed by atoms with E-state index in [0.29, 0.717) is 18.7 Å². The fraction of sp³-hybridized carbons (Fsp3) is 0.231. The second-order valence-electron chi connectivity index (χ2n) is 4.46. The third-order valence-electron chi connectivity index (χ3n) is 3.06. The number of benzene rings is 1. The molecule has 1 N–H and O–H groups in total. The van der Waals surface area contributed by atoms with Gasteiger partial charge in [0.05, 0.1) is 6.54 Å². The number of hydrogen-bond acceptors (Lipinski definition) is 3. The standard InChI is InChI=1S/C13H11FN2O3/c14-9-1-2-11-8(5-9)6-10(19-11)7-16-4-3-12(17)15-13(16)18/h1-5,10H,6-7H2,(H,15,17,18). The highest BCUT2D eigenvalue weighted by Gasteiger charge is 2.23. The van der Waals surface area contributed by atoms with Gasteiger partial charge in [-0.15, -0.1) is 0 Å². The Bertz CT molecular complexity index is 735. The summed E-state index contributed by atoms with van der Waals surface area (Å²) in [6, 6.07) is 5.64. The third-order valence-corrected chi connectivity index (χ3v) is 3.06. The molecule has 1 aliphatic heterocycles. The van der Waals surface area contributed by atoms with E-state index in [-0.39, 0.29) is 11.9 Å². The topological polar surface area (TPSA) is 64.1 Å². The van der Waals surface area contributed by atoms with E-state index >= 15 is 0 Å². The predicted octanol–water partition coefficient (Wildman–Crippen LogP) is 0.679. The number of aromatic amines is 1. The third kappa shape index (κ3) is 2.29. The molecule has 0 amide bonds. The van der Waals surface area contributed by atoms with Gasteiger partial charge in [0.15, 0.2) is 0 Å². The second kappa shape index (κ2) is 4.38. The summed E-state index contributed by atoms with van der Waals surface area (Å²) in [6.07, 6.45) is 1.73. The van der Waals surface area contributed by atoms with Gasteiger partial charge in [-0.1, -0.05) is 0 Å². The van der Waals surface area contributed by atoms with Crippen molar-refractivity contribution in [3.8, 4) is 5.75 Å². The van der Waals surface area contributed by atoms with Crippen LogP contribution in [0.15, 0.2) is 40.1 Å². The molecular weight excluding hydrogens is 251 g/mol. The Labute approximate surface area is 107 Å². The lowest BCUT2D eigenvalue weighted by molar-refractivity contribution is 0.206. The number of ether oxygens (including phenoxy) is 1. The minimum Gasteiger partial charge on any atom is -0.488 e. The maximum Gasteiger partial charge on any atom is 0.328 e. The molecule has 0 saturated carbocycles. The van der Waals surface area contributed by atoms with Crippen molar-refractivity contribution in [2.45, 2.75) is 19.1 Å². The minimum absolute atomic E-state index is 0.236. The van der Waals surface area contributed by atoms with E-state index in [0.717, 1.165) is 5.56 Å². The molecule has 1 aromatic carbocycles. The van der Waals surface area contributed by atoms with Gasteiger partial charge < -0.3 is 4.74 Å². The van der Waals surface area contributed by atoms with Crippen LogP contribution in [0.25, 0.3) is 0 Å². The average Bonchev–Trinajstić information content (AvgIpc) is 2.74. The summed E-state index contributed by atoms with van der Waals surface area (Å²) in [6.45, 7) is 0.311. The summed E-state index contributed by atoms with van der Waals surface area (Å²) >= 11 is 0. The van der Waals surface area contributed by atoms with Crippen LogP contribution in [-0.4, -0.2) is 15.7 Å². The minimum atomic E-state index is -0.474. The molecule has 0 radical (unpaired) electrons. The van der Waals surface area contributed by atoms with Crippen LogP contribution in [-0.2, 0) is 13.0 Å². The molecule has 1 aliphatic rings. The summed E-state index contributed by atoms with van der Waals surface area (Å²) in [5, 5.41) is 0. The number of aromatic nitrogens is 2. The Morgan fingerprint density at radius 2 is 2.21 bits per heavy atom. The molecule has 19 heavy (non-hydrogen) atoms. The van der Waals surface area contributed by atoms with Gasteiger partial charge in [-0.25, -0.2) is 9.18 Å². The van der Waals surface area contributed by atoms with E-state index in [9.17, 15) is 14.0 Å². The van der Waals surface area contributed by atoms with Crippen molar-refractivity contribution in [3.05, 3.63) is 62.7 Å². The molecular formula is C13H11FN2O3. The number of rotatable bonds is 2. The van der Waals surface area contributed by atoms with Crippen LogP contribution >= 0.6 is 0 Å². The van der Waals surface area contributed by atoms with Crippen molar-refractivity contribution >= 4 is 0 Å². The van der Waals surface area contributed by atoms with Crippen LogP contribution in [0.2, 0.25) is 0 Å². The van der Waals surface area contributed by atoms with Crippen LogP contribution in [0.4, 0.5) is 4.39 Å². The van der Waals surface area contributed by atoms with Gasteiger partial charge in [0, 0.05) is 24.2 Å². The summed E-state index contributed by atoms with van der Waals surface area (Å²) in [5.74, 6) is 0.341. The monoisotopic (exact) mass is 262 g/mol. The van der Waals surface area contributed by atoms with Gasteiger partial charge >= 0.3 is 5.69 Å². The number of nitrogens with one attached hydrogen (secondary N) is 1. The molecule has 6 heteroatoms. The van der Waals surface area contributed by atoms with Crippen LogP contribution in [0, 0.1) is 5.82 Å². The molecule has 0 fully saturated rings. The second-order valence-corrected chi connectivity index (χ2v) is 4.46. The Morgan fingerprint density at radius 3 is 3.00 bits per heavy atom. The summed E-state index contributed by atoms with van der Waals surface area (Å²) < 4.78 is 20.1. The molecule has 0 saturated heterocycles. The van der Waals surface area contributed by atoms with E-state index in [1.165, 1.54) is 29.0 Å². The molecule has 2 heterocycles. The Morgan fingerprint density at radius 1 is 1.37 bits per heavy atom. The number of halogens is 1. The van der Waals surface area contributed by atoms with Crippen LogP contribution in [0.1, 0.15) is 5.56 Å². The SMILES string of the molecule is O=c1ccn(CC2Cc3cc(F)ccc3O2)c(=O)[nH]1. The maximum atomic E-state index is 13.1.